The van der Waals surface area contributed by atoms with E-state index in [-0.39, 0.29) is 17.9 Å². The molecule has 4 atom stereocenters. The van der Waals surface area contributed by atoms with Crippen molar-refractivity contribution in [3.05, 3.63) is 0 Å². The van der Waals surface area contributed by atoms with Gasteiger partial charge in [0.2, 0.25) is 5.91 Å². The molecule has 86 valence electrons. The van der Waals surface area contributed by atoms with E-state index in [4.69, 9.17) is 5.26 Å². The van der Waals surface area contributed by atoms with E-state index < -0.39 is 0 Å². The molecule has 3 rings (SSSR count). The molecule has 0 aromatic heterocycles. The van der Waals surface area contributed by atoms with E-state index >= 15 is 0 Å². The first kappa shape index (κ1) is 10.1. The van der Waals surface area contributed by atoms with Crippen molar-refractivity contribution in [1.82, 2.24) is 5.32 Å². The summed E-state index contributed by atoms with van der Waals surface area (Å²) in [5.74, 6) is 1.96. The summed E-state index contributed by atoms with van der Waals surface area (Å²) in [5, 5.41) is 12.1. The van der Waals surface area contributed by atoms with Gasteiger partial charge in [-0.15, -0.1) is 0 Å². The van der Waals surface area contributed by atoms with Crippen LogP contribution in [0.4, 0.5) is 0 Å². The quantitative estimate of drug-likeness (QED) is 0.769. The Bertz CT molecular complexity index is 336. The fourth-order valence-corrected chi connectivity index (χ4v) is 3.78. The van der Waals surface area contributed by atoms with E-state index in [1.54, 1.807) is 0 Å². The maximum atomic E-state index is 12.0. The molecular formula is C13H18N2O. The van der Waals surface area contributed by atoms with Gasteiger partial charge in [-0.05, 0) is 43.9 Å². The van der Waals surface area contributed by atoms with Crippen LogP contribution >= 0.6 is 0 Å². The van der Waals surface area contributed by atoms with Crippen molar-refractivity contribution in [3.8, 4) is 6.07 Å². The Labute approximate surface area is 96.2 Å². The number of nitriles is 1. The zero-order valence-corrected chi connectivity index (χ0v) is 9.48. The molecule has 0 spiro atoms. The first-order valence-corrected chi connectivity index (χ1v) is 6.51. The molecule has 0 aliphatic heterocycles. The van der Waals surface area contributed by atoms with Gasteiger partial charge in [-0.1, -0.05) is 6.42 Å². The lowest BCUT2D eigenvalue weighted by molar-refractivity contribution is -0.123. The van der Waals surface area contributed by atoms with Gasteiger partial charge < -0.3 is 5.32 Å². The van der Waals surface area contributed by atoms with Crippen molar-refractivity contribution < 1.29 is 4.79 Å². The van der Waals surface area contributed by atoms with Crippen LogP contribution in [-0.4, -0.2) is 11.9 Å². The number of amides is 1. The van der Waals surface area contributed by atoms with Crippen LogP contribution in [0.25, 0.3) is 0 Å². The Balaban J connectivity index is 1.55. The van der Waals surface area contributed by atoms with Crippen molar-refractivity contribution in [2.75, 3.05) is 0 Å². The Hall–Kier alpha value is -1.04. The van der Waals surface area contributed by atoms with Gasteiger partial charge in [-0.2, -0.15) is 5.26 Å². The van der Waals surface area contributed by atoms with Gasteiger partial charge in [-0.25, -0.2) is 0 Å². The van der Waals surface area contributed by atoms with Crippen LogP contribution in [0.3, 0.4) is 0 Å². The lowest BCUT2D eigenvalue weighted by atomic mass is 10.0. The summed E-state index contributed by atoms with van der Waals surface area (Å²) in [6, 6.07) is 2.45. The number of carbonyl (C=O) groups is 1. The smallest absolute Gasteiger partial charge is 0.223 e. The zero-order chi connectivity index (χ0) is 11.1. The highest BCUT2D eigenvalue weighted by molar-refractivity contribution is 5.82. The number of fused-ring (bicyclic) bond motifs is 1. The average molecular weight is 218 g/mol. The number of hydrogen-bond donors (Lipinski definition) is 1. The average Bonchev–Trinajstić information content (AvgIpc) is 2.71. The summed E-state index contributed by atoms with van der Waals surface area (Å²) in [7, 11) is 0. The largest absolute Gasteiger partial charge is 0.352 e. The maximum absolute atomic E-state index is 12.0. The van der Waals surface area contributed by atoms with E-state index in [1.165, 1.54) is 19.3 Å². The molecule has 1 N–H and O–H groups in total. The Morgan fingerprint density at radius 2 is 1.81 bits per heavy atom. The van der Waals surface area contributed by atoms with E-state index in [1.807, 2.05) is 0 Å². The summed E-state index contributed by atoms with van der Waals surface area (Å²) in [4.78, 5) is 12.0. The molecule has 3 fully saturated rings. The van der Waals surface area contributed by atoms with Crippen LogP contribution < -0.4 is 5.32 Å². The predicted molar refractivity (Wildman–Crippen MR) is 59.2 cm³/mol. The summed E-state index contributed by atoms with van der Waals surface area (Å²) in [5.41, 5.74) is 0. The fourth-order valence-electron chi connectivity index (χ4n) is 3.78. The molecule has 0 bridgehead atoms. The standard InChI is InChI=1S/C13H18N2O/c14-7-8-3-1-6-11(8)15-13(16)12-9-4-2-5-10(9)12/h8-12H,1-6H2,(H,15,16). The minimum atomic E-state index is 0.0579. The van der Waals surface area contributed by atoms with Crippen LogP contribution in [0.15, 0.2) is 0 Å². The molecule has 3 saturated carbocycles. The third kappa shape index (κ3) is 1.52. The van der Waals surface area contributed by atoms with Crippen LogP contribution in [0.2, 0.25) is 0 Å². The molecule has 0 radical (unpaired) electrons. The second-order valence-electron chi connectivity index (χ2n) is 5.57. The van der Waals surface area contributed by atoms with Crippen LogP contribution in [0.5, 0.6) is 0 Å². The topological polar surface area (TPSA) is 52.9 Å². The molecule has 3 aliphatic carbocycles. The highest BCUT2D eigenvalue weighted by Gasteiger charge is 2.56. The SMILES string of the molecule is N#CC1CCCC1NC(=O)C1C2CCCC21. The van der Waals surface area contributed by atoms with Gasteiger partial charge >= 0.3 is 0 Å². The van der Waals surface area contributed by atoms with Crippen LogP contribution in [0.1, 0.15) is 38.5 Å². The van der Waals surface area contributed by atoms with Gasteiger partial charge in [0, 0.05) is 12.0 Å². The van der Waals surface area contributed by atoms with E-state index in [0.717, 1.165) is 19.3 Å². The number of carbonyl (C=O) groups excluding carboxylic acids is 1. The Morgan fingerprint density at radius 1 is 1.12 bits per heavy atom. The summed E-state index contributed by atoms with van der Waals surface area (Å²) in [6.07, 6.45) is 6.83. The van der Waals surface area contributed by atoms with Gasteiger partial charge in [0.25, 0.3) is 0 Å². The minimum Gasteiger partial charge on any atom is -0.352 e. The van der Waals surface area contributed by atoms with E-state index in [0.29, 0.717) is 17.8 Å². The number of nitrogens with zero attached hydrogens (tertiary/aromatic N) is 1. The normalized spacial score (nSPS) is 44.8. The molecule has 0 heterocycles. The van der Waals surface area contributed by atoms with Crippen molar-refractivity contribution >= 4 is 5.91 Å². The first-order chi connectivity index (χ1) is 7.81. The highest BCUT2D eigenvalue weighted by atomic mass is 16.2. The van der Waals surface area contributed by atoms with Crippen molar-refractivity contribution in [2.24, 2.45) is 23.7 Å². The molecular weight excluding hydrogens is 200 g/mol. The van der Waals surface area contributed by atoms with Crippen molar-refractivity contribution in [3.63, 3.8) is 0 Å². The zero-order valence-electron chi connectivity index (χ0n) is 9.48. The molecule has 16 heavy (non-hydrogen) atoms. The number of rotatable bonds is 2. The molecule has 3 aliphatic rings. The highest BCUT2D eigenvalue weighted by Crippen LogP contribution is 2.57. The molecule has 3 nitrogen and oxygen atoms in total. The van der Waals surface area contributed by atoms with Crippen molar-refractivity contribution in [1.29, 1.82) is 5.26 Å². The third-order valence-corrected chi connectivity index (χ3v) is 4.72. The Kier molecular flexibility index (Phi) is 2.38. The fraction of sp³-hybridized carbons (Fsp3) is 0.846. The molecule has 1 amide bonds. The maximum Gasteiger partial charge on any atom is 0.223 e. The third-order valence-electron chi connectivity index (χ3n) is 4.72. The van der Waals surface area contributed by atoms with Crippen LogP contribution in [0, 0.1) is 35.0 Å². The Morgan fingerprint density at radius 3 is 2.50 bits per heavy atom. The van der Waals surface area contributed by atoms with Gasteiger partial charge in [0.1, 0.15) is 0 Å². The first-order valence-electron chi connectivity index (χ1n) is 6.51. The molecule has 4 unspecified atom stereocenters. The lowest BCUT2D eigenvalue weighted by Crippen LogP contribution is -2.38. The molecule has 3 heteroatoms. The van der Waals surface area contributed by atoms with Gasteiger partial charge in [0.15, 0.2) is 0 Å². The molecule has 0 saturated heterocycles. The van der Waals surface area contributed by atoms with Crippen molar-refractivity contribution in [2.45, 2.75) is 44.6 Å². The van der Waals surface area contributed by atoms with Gasteiger partial charge in [0.05, 0.1) is 12.0 Å². The summed E-state index contributed by atoms with van der Waals surface area (Å²) in [6.45, 7) is 0. The number of hydrogen-bond acceptors (Lipinski definition) is 2. The molecule has 0 aromatic carbocycles. The van der Waals surface area contributed by atoms with Crippen LogP contribution in [-0.2, 0) is 4.79 Å². The summed E-state index contributed by atoms with van der Waals surface area (Å²) < 4.78 is 0. The van der Waals surface area contributed by atoms with E-state index in [2.05, 4.69) is 11.4 Å². The number of nitrogens with one attached hydrogen (secondary N) is 1. The second kappa shape index (κ2) is 3.76. The lowest BCUT2D eigenvalue weighted by Gasteiger charge is -2.16. The summed E-state index contributed by atoms with van der Waals surface area (Å²) >= 11 is 0. The minimum absolute atomic E-state index is 0.0579. The predicted octanol–water partition coefficient (Wildman–Crippen LogP) is 1.84. The second-order valence-corrected chi connectivity index (χ2v) is 5.57. The monoisotopic (exact) mass is 218 g/mol. The van der Waals surface area contributed by atoms with E-state index in [9.17, 15) is 4.79 Å². The van der Waals surface area contributed by atoms with Gasteiger partial charge in [-0.3, -0.25) is 4.79 Å². The molecule has 0 aromatic rings.